The Morgan fingerprint density at radius 1 is 1.26 bits per heavy atom. The van der Waals surface area contributed by atoms with Crippen LogP contribution in [0.2, 0.25) is 0 Å². The quantitative estimate of drug-likeness (QED) is 0.720. The van der Waals surface area contributed by atoms with E-state index < -0.39 is 0 Å². The Labute approximate surface area is 115 Å². The molecule has 0 amide bonds. The molecule has 0 N–H and O–H groups in total. The van der Waals surface area contributed by atoms with Gasteiger partial charge in [0.25, 0.3) is 0 Å². The van der Waals surface area contributed by atoms with Crippen LogP contribution in [0.15, 0.2) is 0 Å². The van der Waals surface area contributed by atoms with Gasteiger partial charge < -0.3 is 9.47 Å². The SMILES string of the molecule is COC(=O)CCC(=O)O[C@H](C)[C@@H]1CCCC(C)(C)C1. The second-order valence-corrected chi connectivity index (χ2v) is 6.29. The summed E-state index contributed by atoms with van der Waals surface area (Å²) in [6, 6.07) is 0. The standard InChI is InChI=1S/C15H26O4/c1-11(12-6-5-9-15(2,3)10-12)19-14(17)8-7-13(16)18-4/h11-12H,5-10H2,1-4H3/t11-,12-/m1/s1. The van der Waals surface area contributed by atoms with Gasteiger partial charge in [0.05, 0.1) is 20.0 Å². The summed E-state index contributed by atoms with van der Waals surface area (Å²) in [5.41, 5.74) is 0.343. The summed E-state index contributed by atoms with van der Waals surface area (Å²) in [7, 11) is 1.32. The first-order valence-electron chi connectivity index (χ1n) is 7.10. The number of hydrogen-bond donors (Lipinski definition) is 0. The van der Waals surface area contributed by atoms with E-state index in [4.69, 9.17) is 4.74 Å². The summed E-state index contributed by atoms with van der Waals surface area (Å²) in [6.07, 6.45) is 4.79. The lowest BCUT2D eigenvalue weighted by molar-refractivity contribution is -0.155. The van der Waals surface area contributed by atoms with Gasteiger partial charge in [0, 0.05) is 0 Å². The molecule has 1 saturated carbocycles. The minimum Gasteiger partial charge on any atom is -0.469 e. The first-order chi connectivity index (χ1) is 8.84. The summed E-state index contributed by atoms with van der Waals surface area (Å²) in [4.78, 5) is 22.6. The van der Waals surface area contributed by atoms with Crippen molar-refractivity contribution in [3.05, 3.63) is 0 Å². The molecule has 0 radical (unpaired) electrons. The molecule has 0 aromatic heterocycles. The molecule has 19 heavy (non-hydrogen) atoms. The molecule has 1 aliphatic carbocycles. The molecule has 0 aliphatic heterocycles. The number of carbonyl (C=O) groups excluding carboxylic acids is 2. The van der Waals surface area contributed by atoms with Crippen molar-refractivity contribution in [1.82, 2.24) is 0 Å². The number of carbonyl (C=O) groups is 2. The van der Waals surface area contributed by atoms with Gasteiger partial charge in [0.2, 0.25) is 0 Å². The third kappa shape index (κ3) is 5.62. The maximum Gasteiger partial charge on any atom is 0.306 e. The van der Waals surface area contributed by atoms with Crippen molar-refractivity contribution in [2.45, 2.75) is 65.4 Å². The first-order valence-corrected chi connectivity index (χ1v) is 7.10. The summed E-state index contributed by atoms with van der Waals surface area (Å²) in [6.45, 7) is 6.50. The maximum atomic E-state index is 11.6. The number of methoxy groups -OCH3 is 1. The summed E-state index contributed by atoms with van der Waals surface area (Å²) in [5, 5.41) is 0. The van der Waals surface area contributed by atoms with Crippen molar-refractivity contribution in [1.29, 1.82) is 0 Å². The lowest BCUT2D eigenvalue weighted by atomic mass is 9.71. The van der Waals surface area contributed by atoms with Crippen molar-refractivity contribution < 1.29 is 19.1 Å². The van der Waals surface area contributed by atoms with Gasteiger partial charge >= 0.3 is 11.9 Å². The minimum atomic E-state index is -0.372. The zero-order valence-electron chi connectivity index (χ0n) is 12.5. The van der Waals surface area contributed by atoms with E-state index in [0.29, 0.717) is 11.3 Å². The Hall–Kier alpha value is -1.06. The van der Waals surface area contributed by atoms with E-state index in [-0.39, 0.29) is 30.9 Å². The minimum absolute atomic E-state index is 0.0651. The molecule has 110 valence electrons. The fourth-order valence-electron chi connectivity index (χ4n) is 2.83. The predicted octanol–water partition coefficient (Wildman–Crippen LogP) is 3.09. The highest BCUT2D eigenvalue weighted by Crippen LogP contribution is 2.40. The molecule has 0 spiro atoms. The zero-order chi connectivity index (χ0) is 14.5. The van der Waals surface area contributed by atoms with Crippen LogP contribution >= 0.6 is 0 Å². The summed E-state index contributed by atoms with van der Waals surface area (Å²) >= 11 is 0. The molecule has 0 saturated heterocycles. The van der Waals surface area contributed by atoms with Gasteiger partial charge in [-0.25, -0.2) is 0 Å². The topological polar surface area (TPSA) is 52.6 Å². The van der Waals surface area contributed by atoms with Crippen molar-refractivity contribution in [2.75, 3.05) is 7.11 Å². The number of esters is 2. The van der Waals surface area contributed by atoms with Crippen LogP contribution in [0.5, 0.6) is 0 Å². The van der Waals surface area contributed by atoms with Gasteiger partial charge in [-0.1, -0.05) is 20.3 Å². The lowest BCUT2D eigenvalue weighted by Gasteiger charge is -2.37. The van der Waals surface area contributed by atoms with Crippen molar-refractivity contribution >= 4 is 11.9 Å². The second-order valence-electron chi connectivity index (χ2n) is 6.29. The Morgan fingerprint density at radius 2 is 1.89 bits per heavy atom. The van der Waals surface area contributed by atoms with E-state index in [1.165, 1.54) is 20.0 Å². The van der Waals surface area contributed by atoms with Crippen LogP contribution in [0.3, 0.4) is 0 Å². The lowest BCUT2D eigenvalue weighted by Crippen LogP contribution is -2.32. The van der Waals surface area contributed by atoms with Crippen LogP contribution < -0.4 is 0 Å². The molecular formula is C15H26O4. The van der Waals surface area contributed by atoms with Crippen LogP contribution in [0.1, 0.15) is 59.3 Å². The monoisotopic (exact) mass is 270 g/mol. The van der Waals surface area contributed by atoms with E-state index in [0.717, 1.165) is 12.8 Å². The molecule has 4 nitrogen and oxygen atoms in total. The smallest absolute Gasteiger partial charge is 0.306 e. The van der Waals surface area contributed by atoms with Crippen molar-refractivity contribution in [2.24, 2.45) is 11.3 Å². The van der Waals surface area contributed by atoms with Gasteiger partial charge in [-0.3, -0.25) is 9.59 Å². The Morgan fingerprint density at radius 3 is 2.47 bits per heavy atom. The summed E-state index contributed by atoms with van der Waals surface area (Å²) in [5.74, 6) is -0.240. The number of ether oxygens (including phenoxy) is 2. The molecule has 1 aliphatic rings. The third-order valence-corrected chi connectivity index (χ3v) is 3.99. The molecule has 1 fully saturated rings. The van der Waals surface area contributed by atoms with Crippen LogP contribution in [0.25, 0.3) is 0 Å². The summed E-state index contributed by atoms with van der Waals surface area (Å²) < 4.78 is 9.93. The van der Waals surface area contributed by atoms with Crippen molar-refractivity contribution in [3.8, 4) is 0 Å². The average molecular weight is 270 g/mol. The van der Waals surface area contributed by atoms with Crippen molar-refractivity contribution in [3.63, 3.8) is 0 Å². The predicted molar refractivity (Wildman–Crippen MR) is 72.5 cm³/mol. The van der Waals surface area contributed by atoms with E-state index in [1.54, 1.807) is 0 Å². The van der Waals surface area contributed by atoms with Gasteiger partial charge in [-0.05, 0) is 37.5 Å². The van der Waals surface area contributed by atoms with Crippen LogP contribution in [-0.2, 0) is 19.1 Å². The highest BCUT2D eigenvalue weighted by molar-refractivity contribution is 5.77. The Bertz CT molecular complexity index is 322. The normalized spacial score (nSPS) is 23.5. The van der Waals surface area contributed by atoms with Crippen LogP contribution in [-0.4, -0.2) is 25.2 Å². The van der Waals surface area contributed by atoms with Gasteiger partial charge in [0.15, 0.2) is 0 Å². The van der Waals surface area contributed by atoms with E-state index in [9.17, 15) is 9.59 Å². The molecule has 1 rings (SSSR count). The van der Waals surface area contributed by atoms with E-state index in [1.807, 2.05) is 6.92 Å². The molecule has 0 aromatic rings. The molecule has 0 aromatic carbocycles. The van der Waals surface area contributed by atoms with Gasteiger partial charge in [-0.15, -0.1) is 0 Å². The van der Waals surface area contributed by atoms with Gasteiger partial charge in [-0.2, -0.15) is 0 Å². The molecular weight excluding hydrogens is 244 g/mol. The maximum absolute atomic E-state index is 11.6. The highest BCUT2D eigenvalue weighted by atomic mass is 16.5. The molecule has 0 bridgehead atoms. The van der Waals surface area contributed by atoms with E-state index in [2.05, 4.69) is 18.6 Å². The number of rotatable bonds is 5. The van der Waals surface area contributed by atoms with Crippen LogP contribution in [0, 0.1) is 11.3 Å². The third-order valence-electron chi connectivity index (χ3n) is 3.99. The molecule has 0 unspecified atom stereocenters. The molecule has 2 atom stereocenters. The number of hydrogen-bond acceptors (Lipinski definition) is 4. The van der Waals surface area contributed by atoms with Gasteiger partial charge in [0.1, 0.15) is 6.10 Å². The van der Waals surface area contributed by atoms with E-state index >= 15 is 0 Å². The fourth-order valence-corrected chi connectivity index (χ4v) is 2.83. The second kappa shape index (κ2) is 6.92. The largest absolute Gasteiger partial charge is 0.469 e. The average Bonchev–Trinajstić information content (AvgIpc) is 2.34. The fraction of sp³-hybridized carbons (Fsp3) is 0.867. The first kappa shape index (κ1) is 16.0. The Kier molecular flexibility index (Phi) is 5.83. The zero-order valence-corrected chi connectivity index (χ0v) is 12.5. The highest BCUT2D eigenvalue weighted by Gasteiger charge is 2.32. The van der Waals surface area contributed by atoms with Crippen LogP contribution in [0.4, 0.5) is 0 Å². The molecule has 0 heterocycles. The molecule has 4 heteroatoms. The Balaban J connectivity index is 2.35.